The van der Waals surface area contributed by atoms with Gasteiger partial charge in [0.25, 0.3) is 0 Å². The van der Waals surface area contributed by atoms with Gasteiger partial charge < -0.3 is 15.2 Å². The minimum absolute atomic E-state index is 0.163. The third kappa shape index (κ3) is 5.41. The zero-order valence-electron chi connectivity index (χ0n) is 11.9. The fourth-order valence-electron chi connectivity index (χ4n) is 1.74. The second-order valence-electron chi connectivity index (χ2n) is 4.64. The van der Waals surface area contributed by atoms with Gasteiger partial charge in [-0.1, -0.05) is 6.92 Å². The summed E-state index contributed by atoms with van der Waals surface area (Å²) >= 11 is 1.65. The number of aromatic nitrogens is 1. The summed E-state index contributed by atoms with van der Waals surface area (Å²) in [7, 11) is 0. The standard InChI is InChI=1S/C15H19FN2O2S/c1-2-15-18-12(10-21-15)7-17-8-13(19)9-20-14-5-3-11(16)4-6-14/h3-6,10,13,17,19H,2,7-9H2,1H3. The molecular weight excluding hydrogens is 291 g/mol. The summed E-state index contributed by atoms with van der Waals surface area (Å²) in [6, 6.07) is 5.73. The van der Waals surface area contributed by atoms with Gasteiger partial charge in [-0.05, 0) is 30.7 Å². The SMILES string of the molecule is CCc1nc(CNCC(O)COc2ccc(F)cc2)cs1. The van der Waals surface area contributed by atoms with E-state index in [1.54, 1.807) is 11.3 Å². The molecule has 0 aliphatic carbocycles. The average molecular weight is 310 g/mol. The Morgan fingerprint density at radius 3 is 2.81 bits per heavy atom. The number of thiazole rings is 1. The molecule has 0 saturated carbocycles. The molecule has 21 heavy (non-hydrogen) atoms. The fourth-order valence-corrected chi connectivity index (χ4v) is 2.49. The van der Waals surface area contributed by atoms with Crippen molar-refractivity contribution in [1.29, 1.82) is 0 Å². The van der Waals surface area contributed by atoms with Crippen molar-refractivity contribution in [2.24, 2.45) is 0 Å². The molecule has 0 aliphatic rings. The van der Waals surface area contributed by atoms with Gasteiger partial charge in [-0.25, -0.2) is 9.37 Å². The zero-order valence-corrected chi connectivity index (χ0v) is 12.7. The highest BCUT2D eigenvalue weighted by molar-refractivity contribution is 7.09. The zero-order chi connectivity index (χ0) is 15.1. The predicted octanol–water partition coefficient (Wildman–Crippen LogP) is 2.37. The first-order chi connectivity index (χ1) is 10.2. The molecule has 0 aliphatic heterocycles. The first-order valence-electron chi connectivity index (χ1n) is 6.87. The number of aliphatic hydroxyl groups excluding tert-OH is 1. The average Bonchev–Trinajstić information content (AvgIpc) is 2.95. The molecule has 1 unspecified atom stereocenters. The summed E-state index contributed by atoms with van der Waals surface area (Å²) in [5, 5.41) is 16.1. The highest BCUT2D eigenvalue weighted by Crippen LogP contribution is 2.11. The summed E-state index contributed by atoms with van der Waals surface area (Å²) in [5.74, 6) is 0.238. The van der Waals surface area contributed by atoms with Crippen LogP contribution in [-0.4, -0.2) is 29.3 Å². The molecule has 2 N–H and O–H groups in total. The lowest BCUT2D eigenvalue weighted by molar-refractivity contribution is 0.106. The normalized spacial score (nSPS) is 12.3. The van der Waals surface area contributed by atoms with Crippen LogP contribution in [-0.2, 0) is 13.0 Å². The second kappa shape index (κ2) is 8.07. The minimum atomic E-state index is -0.626. The molecular formula is C15H19FN2O2S. The molecule has 1 atom stereocenters. The van der Waals surface area contributed by atoms with E-state index in [0.29, 0.717) is 18.8 Å². The van der Waals surface area contributed by atoms with Crippen molar-refractivity contribution in [3.63, 3.8) is 0 Å². The van der Waals surface area contributed by atoms with Crippen molar-refractivity contribution in [1.82, 2.24) is 10.3 Å². The van der Waals surface area contributed by atoms with E-state index in [2.05, 4.69) is 17.2 Å². The molecule has 2 aromatic rings. The Balaban J connectivity index is 1.65. The highest BCUT2D eigenvalue weighted by atomic mass is 32.1. The van der Waals surface area contributed by atoms with Crippen LogP contribution in [0.15, 0.2) is 29.6 Å². The van der Waals surface area contributed by atoms with E-state index in [9.17, 15) is 9.50 Å². The number of aliphatic hydroxyl groups is 1. The van der Waals surface area contributed by atoms with E-state index < -0.39 is 6.10 Å². The van der Waals surface area contributed by atoms with Gasteiger partial charge in [0.05, 0.1) is 10.7 Å². The van der Waals surface area contributed by atoms with E-state index in [1.807, 2.05) is 5.38 Å². The topological polar surface area (TPSA) is 54.4 Å². The van der Waals surface area contributed by atoms with Gasteiger partial charge in [-0.3, -0.25) is 0 Å². The number of ether oxygens (including phenoxy) is 1. The molecule has 0 radical (unpaired) electrons. The lowest BCUT2D eigenvalue weighted by Crippen LogP contribution is -2.31. The molecule has 0 amide bonds. The van der Waals surface area contributed by atoms with Gasteiger partial charge >= 0.3 is 0 Å². The molecule has 2 rings (SSSR count). The van der Waals surface area contributed by atoms with Crippen LogP contribution in [0.2, 0.25) is 0 Å². The summed E-state index contributed by atoms with van der Waals surface area (Å²) in [5.41, 5.74) is 0.989. The van der Waals surface area contributed by atoms with Crippen LogP contribution in [0.25, 0.3) is 0 Å². The van der Waals surface area contributed by atoms with Crippen LogP contribution < -0.4 is 10.1 Å². The molecule has 0 fully saturated rings. The van der Waals surface area contributed by atoms with Gasteiger partial charge in [-0.2, -0.15) is 0 Å². The number of nitrogens with one attached hydrogen (secondary N) is 1. The molecule has 0 spiro atoms. The third-order valence-electron chi connectivity index (χ3n) is 2.84. The maximum atomic E-state index is 12.7. The largest absolute Gasteiger partial charge is 0.491 e. The Bertz CT molecular complexity index is 545. The van der Waals surface area contributed by atoms with Crippen molar-refractivity contribution < 1.29 is 14.2 Å². The van der Waals surface area contributed by atoms with E-state index in [4.69, 9.17) is 4.74 Å². The summed E-state index contributed by atoms with van der Waals surface area (Å²) < 4.78 is 18.1. The van der Waals surface area contributed by atoms with Gasteiger partial charge in [0.1, 0.15) is 24.3 Å². The van der Waals surface area contributed by atoms with Crippen molar-refractivity contribution in [3.05, 3.63) is 46.2 Å². The van der Waals surface area contributed by atoms with Crippen LogP contribution in [0.4, 0.5) is 4.39 Å². The van der Waals surface area contributed by atoms with Crippen molar-refractivity contribution in [2.75, 3.05) is 13.2 Å². The Morgan fingerprint density at radius 1 is 1.38 bits per heavy atom. The number of hydrogen-bond acceptors (Lipinski definition) is 5. The third-order valence-corrected chi connectivity index (χ3v) is 3.89. The van der Waals surface area contributed by atoms with E-state index in [-0.39, 0.29) is 12.4 Å². The first-order valence-corrected chi connectivity index (χ1v) is 7.75. The van der Waals surface area contributed by atoms with Gasteiger partial charge in [0.15, 0.2) is 0 Å². The Kier molecular flexibility index (Phi) is 6.10. The maximum Gasteiger partial charge on any atom is 0.123 e. The quantitative estimate of drug-likeness (QED) is 0.786. The summed E-state index contributed by atoms with van der Waals surface area (Å²) in [4.78, 5) is 4.44. The Morgan fingerprint density at radius 2 is 2.14 bits per heavy atom. The lowest BCUT2D eigenvalue weighted by Gasteiger charge is -2.12. The minimum Gasteiger partial charge on any atom is -0.491 e. The Labute approximate surface area is 127 Å². The van der Waals surface area contributed by atoms with E-state index >= 15 is 0 Å². The number of halogens is 1. The summed E-state index contributed by atoms with van der Waals surface area (Å²) in [6.45, 7) is 3.28. The number of nitrogens with zero attached hydrogens (tertiary/aromatic N) is 1. The second-order valence-corrected chi connectivity index (χ2v) is 5.58. The smallest absolute Gasteiger partial charge is 0.123 e. The van der Waals surface area contributed by atoms with Crippen LogP contribution in [0.5, 0.6) is 5.75 Å². The molecule has 0 bridgehead atoms. The molecule has 1 heterocycles. The molecule has 6 heteroatoms. The molecule has 1 aromatic heterocycles. The number of hydrogen-bond donors (Lipinski definition) is 2. The number of benzene rings is 1. The lowest BCUT2D eigenvalue weighted by atomic mass is 10.3. The van der Waals surface area contributed by atoms with Gasteiger partial charge in [0.2, 0.25) is 0 Å². The van der Waals surface area contributed by atoms with Gasteiger partial charge in [-0.15, -0.1) is 11.3 Å². The van der Waals surface area contributed by atoms with E-state index in [1.165, 1.54) is 24.3 Å². The summed E-state index contributed by atoms with van der Waals surface area (Å²) in [6.07, 6.45) is 0.318. The van der Waals surface area contributed by atoms with Crippen LogP contribution >= 0.6 is 11.3 Å². The molecule has 1 aromatic carbocycles. The molecule has 114 valence electrons. The maximum absolute atomic E-state index is 12.7. The van der Waals surface area contributed by atoms with Crippen LogP contribution in [0.3, 0.4) is 0 Å². The molecule has 0 saturated heterocycles. The van der Waals surface area contributed by atoms with Crippen LogP contribution in [0.1, 0.15) is 17.6 Å². The van der Waals surface area contributed by atoms with Crippen LogP contribution in [0, 0.1) is 5.82 Å². The molecule has 4 nitrogen and oxygen atoms in total. The highest BCUT2D eigenvalue weighted by Gasteiger charge is 2.06. The fraction of sp³-hybridized carbons (Fsp3) is 0.400. The predicted molar refractivity (Wildman–Crippen MR) is 81.1 cm³/mol. The van der Waals surface area contributed by atoms with Crippen molar-refractivity contribution >= 4 is 11.3 Å². The van der Waals surface area contributed by atoms with Crippen molar-refractivity contribution in [2.45, 2.75) is 26.0 Å². The number of rotatable bonds is 8. The number of aryl methyl sites for hydroxylation is 1. The Hall–Kier alpha value is -1.50. The monoisotopic (exact) mass is 310 g/mol. The van der Waals surface area contributed by atoms with Crippen molar-refractivity contribution in [3.8, 4) is 5.75 Å². The van der Waals surface area contributed by atoms with Gasteiger partial charge in [0, 0.05) is 18.5 Å². The first kappa shape index (κ1) is 15.9. The van der Waals surface area contributed by atoms with E-state index in [0.717, 1.165) is 17.1 Å².